The number of halogens is 1. The molecule has 1 N–H and O–H groups in total. The summed E-state index contributed by atoms with van der Waals surface area (Å²) in [6.07, 6.45) is 2.60. The third-order valence-corrected chi connectivity index (χ3v) is 4.52. The number of thiophene rings is 1. The molecule has 1 fully saturated rings. The van der Waals surface area contributed by atoms with Crippen molar-refractivity contribution < 1.29 is 0 Å². The average Bonchev–Trinajstić information content (AvgIpc) is 2.54. The van der Waals surface area contributed by atoms with E-state index in [9.17, 15) is 0 Å². The molecule has 1 aliphatic heterocycles. The van der Waals surface area contributed by atoms with E-state index in [1.807, 2.05) is 17.1 Å². The van der Waals surface area contributed by atoms with Crippen molar-refractivity contribution in [3.8, 4) is 0 Å². The summed E-state index contributed by atoms with van der Waals surface area (Å²) >= 11 is 9.63. The Morgan fingerprint density at radius 3 is 3.08 bits per heavy atom. The highest BCUT2D eigenvalue weighted by Gasteiger charge is 2.14. The van der Waals surface area contributed by atoms with Crippen LogP contribution in [0.5, 0.6) is 0 Å². The van der Waals surface area contributed by atoms with Gasteiger partial charge in [-0.2, -0.15) is 11.8 Å². The molecule has 1 aromatic rings. The van der Waals surface area contributed by atoms with Crippen molar-refractivity contribution in [2.75, 3.05) is 16.8 Å². The van der Waals surface area contributed by atoms with E-state index in [1.54, 1.807) is 11.3 Å². The quantitative estimate of drug-likeness (QED) is 0.836. The Hall–Kier alpha value is 0.140. The van der Waals surface area contributed by atoms with Gasteiger partial charge in [0, 0.05) is 11.8 Å². The van der Waals surface area contributed by atoms with E-state index in [2.05, 4.69) is 11.4 Å². The van der Waals surface area contributed by atoms with Gasteiger partial charge in [0.05, 0.1) is 5.69 Å². The first-order valence-corrected chi connectivity index (χ1v) is 6.85. The zero-order chi connectivity index (χ0) is 9.10. The van der Waals surface area contributed by atoms with Gasteiger partial charge in [-0.05, 0) is 30.0 Å². The molecule has 1 aromatic heterocycles. The summed E-state index contributed by atoms with van der Waals surface area (Å²) in [7, 11) is 0. The van der Waals surface area contributed by atoms with Crippen LogP contribution in [-0.2, 0) is 0 Å². The van der Waals surface area contributed by atoms with Crippen molar-refractivity contribution in [1.29, 1.82) is 0 Å². The Bertz CT molecular complexity index is 268. The number of hydrogen-bond donors (Lipinski definition) is 1. The van der Waals surface area contributed by atoms with Crippen LogP contribution in [0.2, 0.25) is 4.34 Å². The monoisotopic (exact) mass is 233 g/mol. The molecule has 0 aromatic carbocycles. The summed E-state index contributed by atoms with van der Waals surface area (Å²) in [4.78, 5) is 0. The molecule has 1 atom stereocenters. The second kappa shape index (κ2) is 4.58. The van der Waals surface area contributed by atoms with E-state index < -0.39 is 0 Å². The second-order valence-corrected chi connectivity index (χ2v) is 5.83. The molecule has 2 heterocycles. The van der Waals surface area contributed by atoms with Crippen LogP contribution >= 0.6 is 34.7 Å². The lowest BCUT2D eigenvalue weighted by Gasteiger charge is -2.23. The Morgan fingerprint density at radius 2 is 2.46 bits per heavy atom. The van der Waals surface area contributed by atoms with E-state index in [1.165, 1.54) is 24.3 Å². The van der Waals surface area contributed by atoms with Gasteiger partial charge in [0.25, 0.3) is 0 Å². The lowest BCUT2D eigenvalue weighted by molar-refractivity contribution is 0.685. The molecule has 13 heavy (non-hydrogen) atoms. The van der Waals surface area contributed by atoms with E-state index in [4.69, 9.17) is 11.6 Å². The molecule has 0 saturated carbocycles. The Morgan fingerprint density at radius 1 is 1.54 bits per heavy atom. The standard InChI is InChI=1S/C9H12ClNS2/c10-9-8(3-5-13-9)11-7-2-1-4-12-6-7/h3,5,7,11H,1-2,4,6H2. The third kappa shape index (κ3) is 2.55. The van der Waals surface area contributed by atoms with Crippen molar-refractivity contribution in [2.24, 2.45) is 0 Å². The Kier molecular flexibility index (Phi) is 3.41. The van der Waals surface area contributed by atoms with Crippen molar-refractivity contribution >= 4 is 40.4 Å². The van der Waals surface area contributed by atoms with Gasteiger partial charge in [-0.15, -0.1) is 11.3 Å². The molecule has 0 amide bonds. The Balaban J connectivity index is 1.93. The minimum atomic E-state index is 0.617. The van der Waals surface area contributed by atoms with Gasteiger partial charge in [-0.25, -0.2) is 0 Å². The maximum atomic E-state index is 6.01. The lowest BCUT2D eigenvalue weighted by atomic mass is 10.2. The molecule has 0 aliphatic carbocycles. The van der Waals surface area contributed by atoms with E-state index >= 15 is 0 Å². The SMILES string of the molecule is Clc1sccc1NC1CCCSC1. The summed E-state index contributed by atoms with van der Waals surface area (Å²) in [6, 6.07) is 2.68. The predicted molar refractivity (Wildman–Crippen MR) is 63.3 cm³/mol. The molecule has 1 unspecified atom stereocenters. The highest BCUT2D eigenvalue weighted by molar-refractivity contribution is 7.99. The van der Waals surface area contributed by atoms with Gasteiger partial charge in [0.1, 0.15) is 4.34 Å². The van der Waals surface area contributed by atoms with Crippen LogP contribution in [0.4, 0.5) is 5.69 Å². The first-order valence-electron chi connectivity index (χ1n) is 4.43. The van der Waals surface area contributed by atoms with Crippen LogP contribution in [0.3, 0.4) is 0 Å². The lowest BCUT2D eigenvalue weighted by Crippen LogP contribution is -2.25. The molecule has 0 radical (unpaired) electrons. The number of hydrogen-bond acceptors (Lipinski definition) is 3. The zero-order valence-corrected chi connectivity index (χ0v) is 9.64. The smallest absolute Gasteiger partial charge is 0.116 e. The maximum Gasteiger partial charge on any atom is 0.116 e. The fourth-order valence-electron chi connectivity index (χ4n) is 1.47. The van der Waals surface area contributed by atoms with Gasteiger partial charge >= 0.3 is 0 Å². The molecular formula is C9H12ClNS2. The van der Waals surface area contributed by atoms with Crippen LogP contribution in [-0.4, -0.2) is 17.5 Å². The molecule has 0 bridgehead atoms. The van der Waals surface area contributed by atoms with Gasteiger partial charge in [-0.1, -0.05) is 11.6 Å². The molecule has 1 saturated heterocycles. The first kappa shape index (κ1) is 9.69. The fourth-order valence-corrected chi connectivity index (χ4v) is 3.39. The number of nitrogens with one attached hydrogen (secondary N) is 1. The third-order valence-electron chi connectivity index (χ3n) is 2.14. The minimum absolute atomic E-state index is 0.617. The highest BCUT2D eigenvalue weighted by atomic mass is 35.5. The molecule has 2 rings (SSSR count). The fraction of sp³-hybridized carbons (Fsp3) is 0.556. The average molecular weight is 234 g/mol. The van der Waals surface area contributed by atoms with Crippen molar-refractivity contribution in [1.82, 2.24) is 0 Å². The van der Waals surface area contributed by atoms with Gasteiger partial charge in [0.2, 0.25) is 0 Å². The first-order chi connectivity index (χ1) is 6.36. The van der Waals surface area contributed by atoms with Crippen LogP contribution in [0.15, 0.2) is 11.4 Å². The van der Waals surface area contributed by atoms with Gasteiger partial charge < -0.3 is 5.32 Å². The van der Waals surface area contributed by atoms with Crippen LogP contribution < -0.4 is 5.32 Å². The molecule has 1 nitrogen and oxygen atoms in total. The topological polar surface area (TPSA) is 12.0 Å². The summed E-state index contributed by atoms with van der Waals surface area (Å²) in [6.45, 7) is 0. The van der Waals surface area contributed by atoms with E-state index in [0.29, 0.717) is 6.04 Å². The second-order valence-electron chi connectivity index (χ2n) is 3.17. The summed E-state index contributed by atoms with van der Waals surface area (Å²) in [5.74, 6) is 2.53. The molecule has 4 heteroatoms. The normalized spacial score (nSPS) is 23.0. The van der Waals surface area contributed by atoms with Crippen LogP contribution in [0.1, 0.15) is 12.8 Å². The van der Waals surface area contributed by atoms with Gasteiger partial charge in [-0.3, -0.25) is 0 Å². The number of rotatable bonds is 2. The highest BCUT2D eigenvalue weighted by Crippen LogP contribution is 2.30. The van der Waals surface area contributed by atoms with E-state index in [0.717, 1.165) is 10.0 Å². The van der Waals surface area contributed by atoms with E-state index in [-0.39, 0.29) is 0 Å². The molecular weight excluding hydrogens is 222 g/mol. The molecule has 0 spiro atoms. The zero-order valence-electron chi connectivity index (χ0n) is 7.25. The van der Waals surface area contributed by atoms with Crippen LogP contribution in [0, 0.1) is 0 Å². The summed E-state index contributed by atoms with van der Waals surface area (Å²) in [5.41, 5.74) is 1.11. The maximum absolute atomic E-state index is 6.01. The molecule has 72 valence electrons. The van der Waals surface area contributed by atoms with Gasteiger partial charge in [0.15, 0.2) is 0 Å². The van der Waals surface area contributed by atoms with Crippen molar-refractivity contribution in [2.45, 2.75) is 18.9 Å². The Labute approximate surface area is 91.9 Å². The van der Waals surface area contributed by atoms with Crippen molar-refractivity contribution in [3.05, 3.63) is 15.8 Å². The van der Waals surface area contributed by atoms with Crippen molar-refractivity contribution in [3.63, 3.8) is 0 Å². The van der Waals surface area contributed by atoms with Crippen LogP contribution in [0.25, 0.3) is 0 Å². The summed E-state index contributed by atoms with van der Waals surface area (Å²) < 4.78 is 0.885. The molecule has 1 aliphatic rings. The minimum Gasteiger partial charge on any atom is -0.380 e. The summed E-state index contributed by atoms with van der Waals surface area (Å²) in [5, 5.41) is 5.52. The number of thioether (sulfide) groups is 1. The largest absolute Gasteiger partial charge is 0.380 e. The predicted octanol–water partition coefficient (Wildman–Crippen LogP) is 3.71. The number of anilines is 1.